The number of aromatic nitrogens is 2. The van der Waals surface area contributed by atoms with Gasteiger partial charge >= 0.3 is 12.2 Å². The Morgan fingerprint density at radius 3 is 2.44 bits per heavy atom. The van der Waals surface area contributed by atoms with Crippen LogP contribution in [0.1, 0.15) is 30.0 Å². The molecule has 1 aromatic heterocycles. The van der Waals surface area contributed by atoms with Gasteiger partial charge in [0.25, 0.3) is 5.89 Å². The van der Waals surface area contributed by atoms with Crippen LogP contribution in [0.15, 0.2) is 89.1 Å². The summed E-state index contributed by atoms with van der Waals surface area (Å²) < 4.78 is 59.3. The Morgan fingerprint density at radius 2 is 1.72 bits per heavy atom. The van der Waals surface area contributed by atoms with Crippen molar-refractivity contribution in [3.8, 4) is 11.4 Å². The van der Waals surface area contributed by atoms with Gasteiger partial charge in [0.15, 0.2) is 0 Å². The highest BCUT2D eigenvalue weighted by Gasteiger charge is 2.37. The van der Waals surface area contributed by atoms with Crippen molar-refractivity contribution >= 4 is 17.3 Å². The van der Waals surface area contributed by atoms with E-state index in [1.54, 1.807) is 37.3 Å². The first-order valence-corrected chi connectivity index (χ1v) is 10.9. The Hall–Kier alpha value is -4.47. The summed E-state index contributed by atoms with van der Waals surface area (Å²) in [4.78, 5) is 18.7. The third-order valence-electron chi connectivity index (χ3n) is 5.79. The first-order chi connectivity index (χ1) is 17.2. The number of hydrogen-bond donors (Lipinski definition) is 1. The third kappa shape index (κ3) is 4.33. The fourth-order valence-electron chi connectivity index (χ4n) is 4.13. The minimum atomic E-state index is -4.58. The largest absolute Gasteiger partial charge is 0.416 e. The molecule has 0 bridgehead atoms. The van der Waals surface area contributed by atoms with Crippen LogP contribution >= 0.6 is 0 Å². The van der Waals surface area contributed by atoms with Crippen molar-refractivity contribution in [2.75, 3.05) is 4.90 Å². The lowest BCUT2D eigenvalue weighted by molar-refractivity contribution is -0.137. The number of alkyl halides is 3. The van der Waals surface area contributed by atoms with E-state index in [4.69, 9.17) is 4.52 Å². The Bertz CT molecular complexity index is 1460. The third-order valence-corrected chi connectivity index (χ3v) is 5.79. The zero-order chi connectivity index (χ0) is 25.4. The van der Waals surface area contributed by atoms with E-state index in [2.05, 4.69) is 15.5 Å². The van der Waals surface area contributed by atoms with Crippen LogP contribution in [-0.2, 0) is 6.18 Å². The number of carbonyl (C=O) groups excluding carboxylic acids is 1. The first-order valence-electron chi connectivity index (χ1n) is 10.9. The van der Waals surface area contributed by atoms with E-state index in [1.165, 1.54) is 30.3 Å². The number of nitrogens with zero attached hydrogens (tertiary/aromatic N) is 3. The number of allylic oxidation sites excluding steroid dienone is 1. The van der Waals surface area contributed by atoms with E-state index in [1.807, 2.05) is 6.07 Å². The van der Waals surface area contributed by atoms with Crippen molar-refractivity contribution in [2.45, 2.75) is 19.1 Å². The van der Waals surface area contributed by atoms with Gasteiger partial charge in [0.1, 0.15) is 5.82 Å². The molecule has 0 aliphatic carbocycles. The average molecular weight is 494 g/mol. The lowest BCUT2D eigenvalue weighted by Crippen LogP contribution is -2.46. The number of urea groups is 1. The normalized spacial score (nSPS) is 16.3. The minimum Gasteiger partial charge on any atom is -0.334 e. The summed E-state index contributed by atoms with van der Waals surface area (Å²) in [7, 11) is 0. The molecule has 5 rings (SSSR count). The maximum atomic E-state index is 13.7. The molecule has 0 saturated carbocycles. The second kappa shape index (κ2) is 8.95. The highest BCUT2D eigenvalue weighted by Crippen LogP contribution is 2.40. The summed E-state index contributed by atoms with van der Waals surface area (Å²) in [5.41, 5.74) is 0.922. The van der Waals surface area contributed by atoms with Crippen LogP contribution in [0.5, 0.6) is 0 Å². The van der Waals surface area contributed by atoms with E-state index in [-0.39, 0.29) is 17.4 Å². The SMILES string of the molecule is CC1=C(c2nc(-c3cccc(F)c3)no2)C(c2ccccc2)NC(=O)N1c1cccc(C(F)(F)F)c1. The number of rotatable bonds is 4. The Labute approximate surface area is 202 Å². The van der Waals surface area contributed by atoms with Gasteiger partial charge in [0.05, 0.1) is 22.9 Å². The second-order valence-electron chi connectivity index (χ2n) is 8.11. The van der Waals surface area contributed by atoms with Crippen molar-refractivity contribution in [1.29, 1.82) is 0 Å². The van der Waals surface area contributed by atoms with Gasteiger partial charge in [-0.1, -0.05) is 53.7 Å². The summed E-state index contributed by atoms with van der Waals surface area (Å²) in [6.45, 7) is 1.59. The summed E-state index contributed by atoms with van der Waals surface area (Å²) >= 11 is 0. The Balaban J connectivity index is 1.66. The number of halogens is 4. The standard InChI is InChI=1S/C26H18F4N4O2/c1-15-21(24-32-23(33-36-24)17-9-5-11-19(27)13-17)22(16-7-3-2-4-8-16)31-25(35)34(15)20-12-6-10-18(14-20)26(28,29)30/h2-14,22H,1H3,(H,31,35). The van der Waals surface area contributed by atoms with Crippen LogP contribution in [0.4, 0.5) is 28.0 Å². The summed E-state index contributed by atoms with van der Waals surface area (Å²) in [6.07, 6.45) is -4.58. The van der Waals surface area contributed by atoms with E-state index >= 15 is 0 Å². The highest BCUT2D eigenvalue weighted by atomic mass is 19.4. The number of carbonyl (C=O) groups is 1. The number of benzene rings is 3. The molecule has 1 N–H and O–H groups in total. The zero-order valence-corrected chi connectivity index (χ0v) is 18.8. The molecular formula is C26H18F4N4O2. The molecule has 4 aromatic rings. The van der Waals surface area contributed by atoms with Crippen molar-refractivity contribution in [3.63, 3.8) is 0 Å². The molecule has 36 heavy (non-hydrogen) atoms. The predicted octanol–water partition coefficient (Wildman–Crippen LogP) is 6.60. The van der Waals surface area contributed by atoms with Crippen LogP contribution in [0.25, 0.3) is 17.0 Å². The van der Waals surface area contributed by atoms with Crippen molar-refractivity contribution < 1.29 is 26.9 Å². The monoisotopic (exact) mass is 494 g/mol. The summed E-state index contributed by atoms with van der Waals surface area (Å²) in [5.74, 6) is -0.311. The van der Waals surface area contributed by atoms with E-state index in [9.17, 15) is 22.4 Å². The molecule has 6 nitrogen and oxygen atoms in total. The van der Waals surface area contributed by atoms with E-state index < -0.39 is 29.6 Å². The van der Waals surface area contributed by atoms with Crippen LogP contribution in [-0.4, -0.2) is 16.2 Å². The molecule has 1 atom stereocenters. The number of hydrogen-bond acceptors (Lipinski definition) is 4. The van der Waals surface area contributed by atoms with Gasteiger partial charge < -0.3 is 9.84 Å². The molecule has 2 heterocycles. The minimum absolute atomic E-state index is 0.0219. The van der Waals surface area contributed by atoms with Gasteiger partial charge in [-0.3, -0.25) is 4.90 Å². The lowest BCUT2D eigenvalue weighted by Gasteiger charge is -2.35. The molecule has 0 fully saturated rings. The number of anilines is 1. The fourth-order valence-corrected chi connectivity index (χ4v) is 4.13. The van der Waals surface area contributed by atoms with Gasteiger partial charge in [0.2, 0.25) is 5.82 Å². The topological polar surface area (TPSA) is 71.3 Å². The predicted molar refractivity (Wildman–Crippen MR) is 124 cm³/mol. The molecular weight excluding hydrogens is 476 g/mol. The molecule has 2 amide bonds. The van der Waals surface area contributed by atoms with Crippen LogP contribution in [0, 0.1) is 5.82 Å². The van der Waals surface area contributed by atoms with Gasteiger partial charge in [-0.25, -0.2) is 9.18 Å². The van der Waals surface area contributed by atoms with Crippen LogP contribution in [0.3, 0.4) is 0 Å². The molecule has 10 heteroatoms. The first kappa shape index (κ1) is 23.3. The van der Waals surface area contributed by atoms with E-state index in [0.29, 0.717) is 22.4 Å². The maximum Gasteiger partial charge on any atom is 0.416 e. The van der Waals surface area contributed by atoms with Crippen LogP contribution < -0.4 is 10.2 Å². The molecule has 1 unspecified atom stereocenters. The molecule has 1 aliphatic rings. The highest BCUT2D eigenvalue weighted by molar-refractivity contribution is 6.01. The van der Waals surface area contributed by atoms with Gasteiger partial charge in [-0.15, -0.1) is 0 Å². The Morgan fingerprint density at radius 1 is 0.972 bits per heavy atom. The van der Waals surface area contributed by atoms with Gasteiger partial charge in [-0.05, 0) is 42.8 Å². The molecule has 0 spiro atoms. The van der Waals surface area contributed by atoms with Crippen molar-refractivity contribution in [2.24, 2.45) is 0 Å². The summed E-state index contributed by atoms with van der Waals surface area (Å²) in [5, 5.41) is 6.80. The Kier molecular flexibility index (Phi) is 5.79. The number of nitrogens with one attached hydrogen (secondary N) is 1. The van der Waals surface area contributed by atoms with Gasteiger partial charge in [-0.2, -0.15) is 18.2 Å². The molecule has 0 radical (unpaired) electrons. The molecule has 0 saturated heterocycles. The fraction of sp³-hybridized carbons (Fsp3) is 0.115. The second-order valence-corrected chi connectivity index (χ2v) is 8.11. The quantitative estimate of drug-likeness (QED) is 0.325. The molecule has 1 aliphatic heterocycles. The van der Waals surface area contributed by atoms with Crippen molar-refractivity contribution in [1.82, 2.24) is 15.5 Å². The zero-order valence-electron chi connectivity index (χ0n) is 18.8. The van der Waals surface area contributed by atoms with E-state index in [0.717, 1.165) is 17.0 Å². The van der Waals surface area contributed by atoms with Crippen LogP contribution in [0.2, 0.25) is 0 Å². The molecule has 182 valence electrons. The smallest absolute Gasteiger partial charge is 0.334 e. The maximum absolute atomic E-state index is 13.7. The molecule has 3 aromatic carbocycles. The van der Waals surface area contributed by atoms with Gasteiger partial charge in [0, 0.05) is 11.3 Å². The lowest BCUT2D eigenvalue weighted by atomic mass is 9.94. The van der Waals surface area contributed by atoms with Crippen molar-refractivity contribution in [3.05, 3.63) is 107 Å². The summed E-state index contributed by atoms with van der Waals surface area (Å²) in [6, 6.07) is 17.8. The number of amides is 2. The average Bonchev–Trinajstić information content (AvgIpc) is 3.34.